The third-order valence-corrected chi connectivity index (χ3v) is 8.05. The average Bonchev–Trinajstić information content (AvgIpc) is 3.16. The predicted octanol–water partition coefficient (Wildman–Crippen LogP) is 4.66. The molecule has 0 unspecified atom stereocenters. The SMILES string of the molecule is CCCC1=C(C(=O)OCC)[C@@H](c2cccc(OC)c2)n2c(s/c(=C\c3cc(Br)c(O)c(I)c3)c2=O)=N1. The van der Waals surface area contributed by atoms with Crippen molar-refractivity contribution in [3.63, 3.8) is 0 Å². The number of phenolic OH excluding ortho intramolecular Hbond substituents is 1. The second kappa shape index (κ2) is 11.3. The van der Waals surface area contributed by atoms with Gasteiger partial charge in [-0.25, -0.2) is 9.79 Å². The second-order valence-electron chi connectivity index (χ2n) is 8.02. The van der Waals surface area contributed by atoms with Crippen molar-refractivity contribution in [3.8, 4) is 11.5 Å². The van der Waals surface area contributed by atoms with Crippen LogP contribution in [-0.2, 0) is 9.53 Å². The van der Waals surface area contributed by atoms with E-state index in [0.717, 1.165) is 17.5 Å². The van der Waals surface area contributed by atoms with Gasteiger partial charge in [-0.05, 0) is 93.3 Å². The molecular formula is C26H24BrIN2O5S. The van der Waals surface area contributed by atoms with E-state index in [1.165, 1.54) is 11.3 Å². The molecule has 0 saturated heterocycles. The van der Waals surface area contributed by atoms with Gasteiger partial charge in [0.05, 0.1) is 43.6 Å². The van der Waals surface area contributed by atoms with Crippen molar-refractivity contribution in [3.05, 3.63) is 86.5 Å². The Bertz CT molecular complexity index is 1520. The molecular weight excluding hydrogens is 659 g/mol. The molecule has 1 aromatic heterocycles. The number of hydrogen-bond donors (Lipinski definition) is 1. The molecule has 0 bridgehead atoms. The Hall–Kier alpha value is -2.44. The smallest absolute Gasteiger partial charge is 0.338 e. The van der Waals surface area contributed by atoms with Gasteiger partial charge in [0.2, 0.25) is 0 Å². The standard InChI is InChI=1S/C26H24BrIN2O5S/c1-4-7-19-21(25(33)35-5-2)22(15-8-6-9-16(13-15)34-3)30-24(32)20(36-26(30)29-19)12-14-10-17(27)23(31)18(28)11-14/h6,8-13,22,31H,4-5,7H2,1-3H3/b20-12-/t22-/m1/s1. The molecule has 1 N–H and O–H groups in total. The highest BCUT2D eigenvalue weighted by Gasteiger charge is 2.34. The maximum atomic E-state index is 13.8. The monoisotopic (exact) mass is 682 g/mol. The fourth-order valence-electron chi connectivity index (χ4n) is 4.07. The molecule has 1 aliphatic heterocycles. The van der Waals surface area contributed by atoms with Crippen molar-refractivity contribution in [2.75, 3.05) is 13.7 Å². The van der Waals surface area contributed by atoms with Gasteiger partial charge in [-0.2, -0.15) is 0 Å². The third kappa shape index (κ3) is 5.16. The molecule has 0 radical (unpaired) electrons. The lowest BCUT2D eigenvalue weighted by molar-refractivity contribution is -0.139. The zero-order valence-electron chi connectivity index (χ0n) is 19.9. The number of fused-ring (bicyclic) bond motifs is 1. The highest BCUT2D eigenvalue weighted by Crippen LogP contribution is 2.34. The lowest BCUT2D eigenvalue weighted by atomic mass is 9.94. The summed E-state index contributed by atoms with van der Waals surface area (Å²) in [5.41, 5.74) is 2.22. The molecule has 7 nitrogen and oxygen atoms in total. The molecule has 0 aliphatic carbocycles. The number of esters is 1. The average molecular weight is 683 g/mol. The minimum atomic E-state index is -0.703. The van der Waals surface area contributed by atoms with E-state index in [2.05, 4.69) is 15.9 Å². The van der Waals surface area contributed by atoms with Crippen LogP contribution in [0.2, 0.25) is 0 Å². The first-order valence-corrected chi connectivity index (χ1v) is 14.0. The van der Waals surface area contributed by atoms with E-state index in [1.807, 2.05) is 53.8 Å². The number of methoxy groups -OCH3 is 1. The van der Waals surface area contributed by atoms with Crippen LogP contribution in [0, 0.1) is 3.57 Å². The van der Waals surface area contributed by atoms with Crippen LogP contribution in [0.25, 0.3) is 6.08 Å². The van der Waals surface area contributed by atoms with E-state index in [0.29, 0.717) is 40.8 Å². The number of hydrogen-bond acceptors (Lipinski definition) is 7. The van der Waals surface area contributed by atoms with E-state index >= 15 is 0 Å². The van der Waals surface area contributed by atoms with Crippen LogP contribution in [0.3, 0.4) is 0 Å². The number of ether oxygens (including phenoxy) is 2. The number of nitrogens with zero attached hydrogens (tertiary/aromatic N) is 2. The van der Waals surface area contributed by atoms with Crippen LogP contribution < -0.4 is 19.6 Å². The highest BCUT2D eigenvalue weighted by molar-refractivity contribution is 14.1. The molecule has 10 heteroatoms. The number of halogens is 2. The van der Waals surface area contributed by atoms with Gasteiger partial charge < -0.3 is 14.6 Å². The number of benzene rings is 2. The molecule has 0 spiro atoms. The summed E-state index contributed by atoms with van der Waals surface area (Å²) in [6.45, 7) is 3.99. The Morgan fingerprint density at radius 1 is 1.31 bits per heavy atom. The summed E-state index contributed by atoms with van der Waals surface area (Å²) < 4.78 is 14.1. The van der Waals surface area contributed by atoms with Crippen molar-refractivity contribution in [2.24, 2.45) is 4.99 Å². The van der Waals surface area contributed by atoms with E-state index in [9.17, 15) is 14.7 Å². The fraction of sp³-hybridized carbons (Fsp3) is 0.269. The molecule has 1 atom stereocenters. The van der Waals surface area contributed by atoms with Crippen LogP contribution >= 0.6 is 49.9 Å². The van der Waals surface area contributed by atoms with Crippen LogP contribution in [0.15, 0.2) is 61.9 Å². The van der Waals surface area contributed by atoms with Crippen molar-refractivity contribution < 1.29 is 19.4 Å². The van der Waals surface area contributed by atoms with Crippen molar-refractivity contribution in [1.29, 1.82) is 0 Å². The quantitative estimate of drug-likeness (QED) is 0.289. The summed E-state index contributed by atoms with van der Waals surface area (Å²) in [5.74, 6) is 0.287. The topological polar surface area (TPSA) is 90.1 Å². The van der Waals surface area contributed by atoms with E-state index in [4.69, 9.17) is 14.5 Å². The normalized spacial score (nSPS) is 15.5. The molecule has 0 saturated carbocycles. The Balaban J connectivity index is 2.01. The zero-order chi connectivity index (χ0) is 26.0. The zero-order valence-corrected chi connectivity index (χ0v) is 24.4. The van der Waals surface area contributed by atoms with Gasteiger partial charge >= 0.3 is 5.97 Å². The van der Waals surface area contributed by atoms with Gasteiger partial charge in [0.25, 0.3) is 5.56 Å². The summed E-state index contributed by atoms with van der Waals surface area (Å²) in [6.07, 6.45) is 3.12. The lowest BCUT2D eigenvalue weighted by Crippen LogP contribution is -2.40. The molecule has 1 aliphatic rings. The number of aromatic nitrogens is 1. The van der Waals surface area contributed by atoms with E-state index < -0.39 is 12.0 Å². The Morgan fingerprint density at radius 3 is 2.75 bits per heavy atom. The lowest BCUT2D eigenvalue weighted by Gasteiger charge is -2.26. The molecule has 3 aromatic rings. The first-order valence-electron chi connectivity index (χ1n) is 11.3. The highest BCUT2D eigenvalue weighted by atomic mass is 127. The van der Waals surface area contributed by atoms with Gasteiger partial charge in [-0.3, -0.25) is 9.36 Å². The summed E-state index contributed by atoms with van der Waals surface area (Å²) in [4.78, 5) is 32.3. The number of phenols is 1. The summed E-state index contributed by atoms with van der Waals surface area (Å²) >= 11 is 6.67. The number of aromatic hydroxyl groups is 1. The Morgan fingerprint density at radius 2 is 2.08 bits per heavy atom. The van der Waals surface area contributed by atoms with Crippen LogP contribution in [0.1, 0.15) is 43.9 Å². The summed E-state index contributed by atoms with van der Waals surface area (Å²) in [5, 5.41) is 10.1. The van der Waals surface area contributed by atoms with Crippen molar-refractivity contribution >= 4 is 61.9 Å². The van der Waals surface area contributed by atoms with Crippen LogP contribution in [-0.4, -0.2) is 29.4 Å². The molecule has 36 heavy (non-hydrogen) atoms. The van der Waals surface area contributed by atoms with Gasteiger partial charge in [0.1, 0.15) is 11.5 Å². The number of allylic oxidation sites excluding steroid dienone is 1. The number of carbonyl (C=O) groups excluding carboxylic acids is 1. The van der Waals surface area contributed by atoms with Gasteiger partial charge in [-0.15, -0.1) is 0 Å². The molecule has 0 amide bonds. The van der Waals surface area contributed by atoms with Gasteiger partial charge in [-0.1, -0.05) is 36.8 Å². The number of rotatable bonds is 7. The molecule has 2 aromatic carbocycles. The maximum Gasteiger partial charge on any atom is 0.338 e. The fourth-order valence-corrected chi connectivity index (χ4v) is 6.59. The first kappa shape index (κ1) is 26.6. The van der Waals surface area contributed by atoms with Crippen LogP contribution in [0.5, 0.6) is 11.5 Å². The number of carbonyl (C=O) groups is 1. The van der Waals surface area contributed by atoms with Crippen molar-refractivity contribution in [2.45, 2.75) is 32.7 Å². The predicted molar refractivity (Wildman–Crippen MR) is 151 cm³/mol. The molecule has 4 rings (SSSR count). The Kier molecular flexibility index (Phi) is 8.36. The second-order valence-corrected chi connectivity index (χ2v) is 11.0. The number of thiazole rings is 1. The minimum absolute atomic E-state index is 0.149. The van der Waals surface area contributed by atoms with E-state index in [1.54, 1.807) is 36.8 Å². The third-order valence-electron chi connectivity index (χ3n) is 5.64. The summed E-state index contributed by atoms with van der Waals surface area (Å²) in [7, 11) is 1.58. The van der Waals surface area contributed by atoms with Crippen molar-refractivity contribution in [1.82, 2.24) is 4.57 Å². The van der Waals surface area contributed by atoms with E-state index in [-0.39, 0.29) is 17.9 Å². The first-order chi connectivity index (χ1) is 17.3. The minimum Gasteiger partial charge on any atom is -0.506 e. The maximum absolute atomic E-state index is 13.8. The summed E-state index contributed by atoms with van der Waals surface area (Å²) in [6, 6.07) is 10.2. The Labute approximate surface area is 234 Å². The molecule has 2 heterocycles. The molecule has 188 valence electrons. The van der Waals surface area contributed by atoms with Gasteiger partial charge in [0, 0.05) is 0 Å². The molecule has 0 fully saturated rings. The van der Waals surface area contributed by atoms with Gasteiger partial charge in [0.15, 0.2) is 4.80 Å². The largest absolute Gasteiger partial charge is 0.506 e. The van der Waals surface area contributed by atoms with Crippen LogP contribution in [0.4, 0.5) is 0 Å².